The van der Waals surface area contributed by atoms with Gasteiger partial charge in [-0.25, -0.2) is 8.42 Å². The fourth-order valence-corrected chi connectivity index (χ4v) is 3.24. The summed E-state index contributed by atoms with van der Waals surface area (Å²) in [4.78, 5) is 11.3. The van der Waals surface area contributed by atoms with Crippen molar-refractivity contribution in [3.05, 3.63) is 0 Å². The largest absolute Gasteiger partial charge is 0.352 e. The maximum atomic E-state index is 11.3. The van der Waals surface area contributed by atoms with Gasteiger partial charge in [-0.15, -0.1) is 0 Å². The molecule has 1 aliphatic heterocycles. The molecule has 0 aromatic carbocycles. The van der Waals surface area contributed by atoms with Gasteiger partial charge in [-0.3, -0.25) is 4.79 Å². The minimum Gasteiger partial charge on any atom is -0.352 e. The third-order valence-corrected chi connectivity index (χ3v) is 3.96. The summed E-state index contributed by atoms with van der Waals surface area (Å²) in [5.74, 6) is 0.589. The summed E-state index contributed by atoms with van der Waals surface area (Å²) < 4.78 is 22.2. The van der Waals surface area contributed by atoms with E-state index >= 15 is 0 Å². The summed E-state index contributed by atoms with van der Waals surface area (Å²) >= 11 is 0. The average molecular weight is 219 g/mol. The van der Waals surface area contributed by atoms with E-state index in [0.29, 0.717) is 18.8 Å². The molecule has 1 unspecified atom stereocenters. The van der Waals surface area contributed by atoms with E-state index in [1.165, 1.54) is 0 Å². The van der Waals surface area contributed by atoms with E-state index in [4.69, 9.17) is 0 Å². The van der Waals surface area contributed by atoms with Gasteiger partial charge in [-0.05, 0) is 12.3 Å². The smallest absolute Gasteiger partial charge is 0.220 e. The predicted octanol–water partition coefficient (Wildman–Crippen LogP) is 0.336. The van der Waals surface area contributed by atoms with Crippen molar-refractivity contribution in [2.75, 3.05) is 11.5 Å². The van der Waals surface area contributed by atoms with E-state index < -0.39 is 9.84 Å². The van der Waals surface area contributed by atoms with Crippen LogP contribution in [0.3, 0.4) is 0 Å². The van der Waals surface area contributed by atoms with Gasteiger partial charge in [0.2, 0.25) is 5.91 Å². The molecule has 82 valence electrons. The third-order valence-electron chi connectivity index (χ3n) is 2.19. The maximum absolute atomic E-state index is 11.3. The molecule has 0 aromatic rings. The molecule has 1 amide bonds. The first-order valence-electron chi connectivity index (χ1n) is 4.89. The van der Waals surface area contributed by atoms with Crippen LogP contribution in [-0.2, 0) is 14.6 Å². The van der Waals surface area contributed by atoms with Crippen molar-refractivity contribution in [3.8, 4) is 0 Å². The second kappa shape index (κ2) is 4.29. The molecule has 1 rings (SSSR count). The lowest BCUT2D eigenvalue weighted by molar-refractivity contribution is -0.122. The average Bonchev–Trinajstić information content (AvgIpc) is 2.27. The summed E-state index contributed by atoms with van der Waals surface area (Å²) in [7, 11) is -2.88. The van der Waals surface area contributed by atoms with Gasteiger partial charge in [0, 0.05) is 12.5 Å². The van der Waals surface area contributed by atoms with Crippen LogP contribution in [0.15, 0.2) is 0 Å². The molecule has 5 heteroatoms. The summed E-state index contributed by atoms with van der Waals surface area (Å²) in [6, 6.07) is -0.161. The lowest BCUT2D eigenvalue weighted by Gasteiger charge is -2.11. The van der Waals surface area contributed by atoms with Crippen LogP contribution in [-0.4, -0.2) is 31.9 Å². The normalized spacial score (nSPS) is 25.2. The van der Waals surface area contributed by atoms with Gasteiger partial charge in [0.05, 0.1) is 11.5 Å². The molecule has 0 aromatic heterocycles. The van der Waals surface area contributed by atoms with Gasteiger partial charge in [0.25, 0.3) is 0 Å². The van der Waals surface area contributed by atoms with Gasteiger partial charge >= 0.3 is 0 Å². The van der Waals surface area contributed by atoms with Gasteiger partial charge in [-0.1, -0.05) is 13.8 Å². The molecule has 1 atom stereocenters. The van der Waals surface area contributed by atoms with Crippen LogP contribution in [0.4, 0.5) is 0 Å². The Morgan fingerprint density at radius 2 is 2.14 bits per heavy atom. The highest BCUT2D eigenvalue weighted by Gasteiger charge is 2.28. The Kier molecular flexibility index (Phi) is 3.53. The zero-order valence-electron chi connectivity index (χ0n) is 8.62. The number of hydrogen-bond donors (Lipinski definition) is 1. The molecular weight excluding hydrogens is 202 g/mol. The number of rotatable bonds is 3. The first-order chi connectivity index (χ1) is 6.39. The van der Waals surface area contributed by atoms with Crippen molar-refractivity contribution < 1.29 is 13.2 Å². The number of sulfone groups is 1. The molecule has 1 heterocycles. The molecule has 1 aliphatic rings. The van der Waals surface area contributed by atoms with Gasteiger partial charge < -0.3 is 5.32 Å². The Bertz CT molecular complexity index is 308. The summed E-state index contributed by atoms with van der Waals surface area (Å²) in [5, 5.41) is 2.75. The molecule has 0 bridgehead atoms. The van der Waals surface area contributed by atoms with E-state index in [9.17, 15) is 13.2 Å². The number of hydrogen-bond acceptors (Lipinski definition) is 3. The lowest BCUT2D eigenvalue weighted by Crippen LogP contribution is -2.36. The van der Waals surface area contributed by atoms with E-state index in [1.807, 2.05) is 13.8 Å². The molecule has 14 heavy (non-hydrogen) atoms. The highest BCUT2D eigenvalue weighted by Crippen LogP contribution is 2.11. The van der Waals surface area contributed by atoms with E-state index in [1.54, 1.807) is 0 Å². The van der Waals surface area contributed by atoms with Crippen molar-refractivity contribution >= 4 is 15.7 Å². The second-order valence-electron chi connectivity index (χ2n) is 4.27. The maximum Gasteiger partial charge on any atom is 0.220 e. The van der Waals surface area contributed by atoms with Crippen molar-refractivity contribution in [1.29, 1.82) is 0 Å². The molecule has 0 radical (unpaired) electrons. The molecule has 1 N–H and O–H groups in total. The third kappa shape index (κ3) is 3.65. The summed E-state index contributed by atoms with van der Waals surface area (Å²) in [6.07, 6.45) is 1.03. The van der Waals surface area contributed by atoms with E-state index in [0.717, 1.165) is 0 Å². The highest BCUT2D eigenvalue weighted by atomic mass is 32.2. The van der Waals surface area contributed by atoms with Gasteiger partial charge in [0.15, 0.2) is 9.84 Å². The van der Waals surface area contributed by atoms with E-state index in [2.05, 4.69) is 5.32 Å². The zero-order valence-corrected chi connectivity index (χ0v) is 9.43. The van der Waals surface area contributed by atoms with Crippen LogP contribution in [0.2, 0.25) is 0 Å². The number of carbonyl (C=O) groups excluding carboxylic acids is 1. The fourth-order valence-electron chi connectivity index (χ4n) is 1.57. The van der Waals surface area contributed by atoms with Crippen molar-refractivity contribution in [1.82, 2.24) is 5.32 Å². The number of amides is 1. The van der Waals surface area contributed by atoms with Crippen LogP contribution in [0.1, 0.15) is 26.7 Å². The number of carbonyl (C=O) groups is 1. The second-order valence-corrected chi connectivity index (χ2v) is 6.49. The minimum atomic E-state index is -2.88. The van der Waals surface area contributed by atoms with Crippen molar-refractivity contribution in [2.45, 2.75) is 32.7 Å². The van der Waals surface area contributed by atoms with Crippen LogP contribution in [0.25, 0.3) is 0 Å². The molecular formula is C9H17NO3S. The Labute approximate surface area is 85.0 Å². The Hall–Kier alpha value is -0.580. The minimum absolute atomic E-state index is 0.0397. The van der Waals surface area contributed by atoms with E-state index in [-0.39, 0.29) is 23.5 Å². The molecule has 0 spiro atoms. The van der Waals surface area contributed by atoms with Crippen LogP contribution in [0, 0.1) is 5.92 Å². The zero-order chi connectivity index (χ0) is 10.8. The monoisotopic (exact) mass is 219 g/mol. The SMILES string of the molecule is CC(C)CC(=O)NC1CCS(=O)(=O)C1. The van der Waals surface area contributed by atoms with Crippen molar-refractivity contribution in [2.24, 2.45) is 5.92 Å². The first kappa shape index (κ1) is 11.5. The van der Waals surface area contributed by atoms with Crippen LogP contribution in [0.5, 0.6) is 0 Å². The first-order valence-corrected chi connectivity index (χ1v) is 6.71. The standard InChI is InChI=1S/C9H17NO3S/c1-7(2)5-9(11)10-8-3-4-14(12,13)6-8/h7-8H,3-6H2,1-2H3,(H,10,11). The summed E-state index contributed by atoms with van der Waals surface area (Å²) in [6.45, 7) is 3.93. The quantitative estimate of drug-likeness (QED) is 0.744. The molecule has 0 saturated carbocycles. The summed E-state index contributed by atoms with van der Waals surface area (Å²) in [5.41, 5.74) is 0. The van der Waals surface area contributed by atoms with Crippen LogP contribution < -0.4 is 5.32 Å². The molecule has 4 nitrogen and oxygen atoms in total. The van der Waals surface area contributed by atoms with Gasteiger partial charge in [-0.2, -0.15) is 0 Å². The fraction of sp³-hybridized carbons (Fsp3) is 0.889. The molecule has 0 aliphatic carbocycles. The Morgan fingerprint density at radius 1 is 1.50 bits per heavy atom. The Balaban J connectivity index is 2.36. The highest BCUT2D eigenvalue weighted by molar-refractivity contribution is 7.91. The molecule has 1 fully saturated rings. The van der Waals surface area contributed by atoms with Gasteiger partial charge in [0.1, 0.15) is 0 Å². The van der Waals surface area contributed by atoms with Crippen molar-refractivity contribution in [3.63, 3.8) is 0 Å². The van der Waals surface area contributed by atoms with Crippen LogP contribution >= 0.6 is 0 Å². The molecule has 1 saturated heterocycles. The predicted molar refractivity (Wildman–Crippen MR) is 54.7 cm³/mol. The number of nitrogens with one attached hydrogen (secondary N) is 1. The lowest BCUT2D eigenvalue weighted by atomic mass is 10.1. The topological polar surface area (TPSA) is 63.2 Å². The Morgan fingerprint density at radius 3 is 2.57 bits per heavy atom.